The average molecular weight is 281 g/mol. The van der Waals surface area contributed by atoms with Crippen molar-refractivity contribution in [1.82, 2.24) is 5.32 Å². The van der Waals surface area contributed by atoms with Crippen molar-refractivity contribution < 1.29 is 4.74 Å². The fourth-order valence-corrected chi connectivity index (χ4v) is 2.16. The smallest absolute Gasteiger partial charge is 0.145 e. The van der Waals surface area contributed by atoms with Crippen LogP contribution in [0, 0.1) is 0 Å². The molecule has 0 saturated heterocycles. The van der Waals surface area contributed by atoms with Crippen molar-refractivity contribution in [2.45, 2.75) is 0 Å². The molecular weight excluding hydrogens is 268 g/mol. The Morgan fingerprint density at radius 1 is 1.38 bits per heavy atom. The lowest BCUT2D eigenvalue weighted by Gasteiger charge is -2.19. The van der Waals surface area contributed by atoms with Gasteiger partial charge in [-0.1, -0.05) is 23.2 Å². The minimum atomic E-state index is 0. The highest BCUT2D eigenvalue weighted by Gasteiger charge is 2.14. The predicted molar refractivity (Wildman–Crippen MR) is 71.1 cm³/mol. The Bertz CT molecular complexity index is 418. The zero-order valence-electron chi connectivity index (χ0n) is 8.72. The summed E-state index contributed by atoms with van der Waals surface area (Å²) in [7, 11) is 1.90. The second-order valence-corrected chi connectivity index (χ2v) is 4.27. The van der Waals surface area contributed by atoms with E-state index in [9.17, 15) is 0 Å². The molecular formula is C11H12Cl3NO. The van der Waals surface area contributed by atoms with Crippen molar-refractivity contribution in [3.8, 4) is 5.75 Å². The lowest BCUT2D eigenvalue weighted by Crippen LogP contribution is -2.18. The molecule has 0 radical (unpaired) electrons. The van der Waals surface area contributed by atoms with Crippen LogP contribution in [-0.2, 0) is 0 Å². The highest BCUT2D eigenvalue weighted by atomic mass is 35.5. The van der Waals surface area contributed by atoms with Crippen molar-refractivity contribution in [3.63, 3.8) is 0 Å². The molecule has 1 aliphatic heterocycles. The van der Waals surface area contributed by atoms with Crippen LogP contribution < -0.4 is 10.1 Å². The highest BCUT2D eigenvalue weighted by molar-refractivity contribution is 6.36. The molecule has 0 aliphatic carbocycles. The Labute approximate surface area is 111 Å². The van der Waals surface area contributed by atoms with Gasteiger partial charge >= 0.3 is 0 Å². The molecule has 0 spiro atoms. The lowest BCUT2D eigenvalue weighted by atomic mass is 10.1. The van der Waals surface area contributed by atoms with Crippen LogP contribution in [-0.4, -0.2) is 20.2 Å². The average Bonchev–Trinajstić information content (AvgIpc) is 2.17. The molecule has 16 heavy (non-hydrogen) atoms. The fraction of sp³-hybridized carbons (Fsp3) is 0.273. The van der Waals surface area contributed by atoms with E-state index in [1.54, 1.807) is 6.07 Å². The van der Waals surface area contributed by atoms with Gasteiger partial charge in [-0.2, -0.15) is 0 Å². The van der Waals surface area contributed by atoms with Crippen LogP contribution in [0.5, 0.6) is 5.75 Å². The third-order valence-electron chi connectivity index (χ3n) is 2.20. The van der Waals surface area contributed by atoms with E-state index in [1.807, 2.05) is 13.1 Å². The van der Waals surface area contributed by atoms with Gasteiger partial charge in [-0.05, 0) is 30.8 Å². The molecule has 0 fully saturated rings. The second kappa shape index (κ2) is 5.78. The standard InChI is InChI=1S/C11H11Cl2NO.ClH/c1-14-5-7-2-8-3-9(12)4-10(13)11(8)15-6-7;/h2-4,14H,5-6H2,1H3;1H. The van der Waals surface area contributed by atoms with Gasteiger partial charge in [0.2, 0.25) is 0 Å². The van der Waals surface area contributed by atoms with Crippen molar-refractivity contribution in [2.24, 2.45) is 0 Å². The maximum Gasteiger partial charge on any atom is 0.145 e. The first-order valence-electron chi connectivity index (χ1n) is 4.66. The van der Waals surface area contributed by atoms with Crippen LogP contribution in [0.25, 0.3) is 6.08 Å². The van der Waals surface area contributed by atoms with Crippen molar-refractivity contribution in [1.29, 1.82) is 0 Å². The van der Waals surface area contributed by atoms with Gasteiger partial charge in [0.25, 0.3) is 0 Å². The Morgan fingerprint density at radius 2 is 2.12 bits per heavy atom. The third kappa shape index (κ3) is 2.83. The van der Waals surface area contributed by atoms with E-state index < -0.39 is 0 Å². The zero-order chi connectivity index (χ0) is 10.8. The van der Waals surface area contributed by atoms with Crippen LogP contribution in [0.2, 0.25) is 10.0 Å². The molecule has 1 N–H and O–H groups in total. The molecule has 0 saturated carbocycles. The molecule has 0 amide bonds. The van der Waals surface area contributed by atoms with Crippen LogP contribution >= 0.6 is 35.6 Å². The van der Waals surface area contributed by atoms with E-state index in [0.717, 1.165) is 17.9 Å². The van der Waals surface area contributed by atoms with Gasteiger partial charge in [0.1, 0.15) is 12.4 Å². The number of hydrogen-bond acceptors (Lipinski definition) is 2. The monoisotopic (exact) mass is 279 g/mol. The van der Waals surface area contributed by atoms with Crippen LogP contribution in [0.3, 0.4) is 0 Å². The van der Waals surface area contributed by atoms with E-state index in [0.29, 0.717) is 16.7 Å². The molecule has 1 heterocycles. The summed E-state index contributed by atoms with van der Waals surface area (Å²) >= 11 is 11.9. The maximum absolute atomic E-state index is 6.02. The van der Waals surface area contributed by atoms with Gasteiger partial charge in [0.05, 0.1) is 5.02 Å². The van der Waals surface area contributed by atoms with E-state index in [1.165, 1.54) is 5.57 Å². The number of ether oxygens (including phenoxy) is 1. The third-order valence-corrected chi connectivity index (χ3v) is 2.70. The molecule has 0 bridgehead atoms. The van der Waals surface area contributed by atoms with Gasteiger partial charge in [0.15, 0.2) is 0 Å². The zero-order valence-corrected chi connectivity index (χ0v) is 11.0. The Balaban J connectivity index is 0.00000128. The lowest BCUT2D eigenvalue weighted by molar-refractivity contribution is 0.344. The molecule has 2 nitrogen and oxygen atoms in total. The summed E-state index contributed by atoms with van der Waals surface area (Å²) in [6, 6.07) is 3.55. The highest BCUT2D eigenvalue weighted by Crippen LogP contribution is 2.36. The quantitative estimate of drug-likeness (QED) is 0.896. The predicted octanol–water partition coefficient (Wildman–Crippen LogP) is 3.41. The molecule has 0 atom stereocenters. The van der Waals surface area contributed by atoms with Gasteiger partial charge in [-0.15, -0.1) is 12.4 Å². The first-order valence-corrected chi connectivity index (χ1v) is 5.42. The van der Waals surface area contributed by atoms with Gasteiger partial charge in [-0.25, -0.2) is 0 Å². The minimum Gasteiger partial charge on any atom is -0.487 e. The number of likely N-dealkylation sites (N-methyl/N-ethyl adjacent to an activating group) is 1. The van der Waals surface area contributed by atoms with E-state index in [-0.39, 0.29) is 12.4 Å². The number of nitrogens with one attached hydrogen (secondary N) is 1. The molecule has 1 aromatic carbocycles. The number of rotatable bonds is 2. The summed E-state index contributed by atoms with van der Waals surface area (Å²) in [6.07, 6.45) is 2.06. The number of fused-ring (bicyclic) bond motifs is 1. The normalized spacial score (nSPS) is 13.3. The first kappa shape index (κ1) is 13.7. The van der Waals surface area contributed by atoms with Crippen molar-refractivity contribution in [2.75, 3.05) is 20.2 Å². The molecule has 1 aromatic rings. The minimum absolute atomic E-state index is 0. The topological polar surface area (TPSA) is 21.3 Å². The number of benzene rings is 1. The SMILES string of the molecule is CNCC1=Cc2cc(Cl)cc(Cl)c2OC1.Cl. The van der Waals surface area contributed by atoms with Crippen molar-refractivity contribution in [3.05, 3.63) is 33.3 Å². The molecule has 0 aromatic heterocycles. The van der Waals surface area contributed by atoms with Gasteiger partial charge in [0, 0.05) is 17.1 Å². The Morgan fingerprint density at radius 3 is 2.81 bits per heavy atom. The first-order chi connectivity index (χ1) is 7.20. The van der Waals surface area contributed by atoms with Crippen LogP contribution in [0.1, 0.15) is 5.56 Å². The Kier molecular flexibility index (Phi) is 4.93. The van der Waals surface area contributed by atoms with Gasteiger partial charge < -0.3 is 10.1 Å². The van der Waals surface area contributed by atoms with E-state index in [2.05, 4.69) is 11.4 Å². The van der Waals surface area contributed by atoms with Crippen LogP contribution in [0.4, 0.5) is 0 Å². The molecule has 1 aliphatic rings. The maximum atomic E-state index is 6.02. The van der Waals surface area contributed by atoms with Crippen LogP contribution in [0.15, 0.2) is 17.7 Å². The molecule has 0 unspecified atom stereocenters. The van der Waals surface area contributed by atoms with E-state index in [4.69, 9.17) is 27.9 Å². The number of halogens is 3. The second-order valence-electron chi connectivity index (χ2n) is 3.43. The van der Waals surface area contributed by atoms with Gasteiger partial charge in [-0.3, -0.25) is 0 Å². The summed E-state index contributed by atoms with van der Waals surface area (Å²) < 4.78 is 5.58. The largest absolute Gasteiger partial charge is 0.487 e. The summed E-state index contributed by atoms with van der Waals surface area (Å²) in [4.78, 5) is 0. The van der Waals surface area contributed by atoms with Crippen molar-refractivity contribution >= 4 is 41.7 Å². The molecule has 2 rings (SSSR count). The summed E-state index contributed by atoms with van der Waals surface area (Å²) in [5, 5.41) is 4.28. The number of hydrogen-bond donors (Lipinski definition) is 1. The summed E-state index contributed by atoms with van der Waals surface area (Å²) in [6.45, 7) is 1.39. The fourth-order valence-electron chi connectivity index (χ4n) is 1.60. The summed E-state index contributed by atoms with van der Waals surface area (Å²) in [5.74, 6) is 0.723. The molecule has 5 heteroatoms. The summed E-state index contributed by atoms with van der Waals surface area (Å²) in [5.41, 5.74) is 2.13. The Hall–Kier alpha value is -0.410. The van der Waals surface area contributed by atoms with E-state index >= 15 is 0 Å². The molecule has 88 valence electrons.